The van der Waals surface area contributed by atoms with E-state index in [1.54, 1.807) is 7.05 Å². The van der Waals surface area contributed by atoms with Gasteiger partial charge in [0, 0.05) is 44.2 Å². The van der Waals surface area contributed by atoms with Gasteiger partial charge in [-0.2, -0.15) is 0 Å². The van der Waals surface area contributed by atoms with Crippen LogP contribution in [0.5, 0.6) is 0 Å². The van der Waals surface area contributed by atoms with Crippen LogP contribution in [0.1, 0.15) is 40.5 Å². The summed E-state index contributed by atoms with van der Waals surface area (Å²) in [6, 6.07) is 0.244. The van der Waals surface area contributed by atoms with Gasteiger partial charge in [-0.15, -0.1) is 24.0 Å². The van der Waals surface area contributed by atoms with Gasteiger partial charge in [-0.25, -0.2) is 13.1 Å². The molecule has 1 amide bonds. The maximum absolute atomic E-state index is 12.0. The molecule has 1 heterocycles. The van der Waals surface area contributed by atoms with Gasteiger partial charge in [0.15, 0.2) is 5.96 Å². The van der Waals surface area contributed by atoms with Crippen molar-refractivity contribution in [3.05, 3.63) is 0 Å². The lowest BCUT2D eigenvalue weighted by Crippen LogP contribution is -2.55. The van der Waals surface area contributed by atoms with Gasteiger partial charge in [0.2, 0.25) is 15.9 Å². The Hall–Kier alpha value is -0.620. The summed E-state index contributed by atoms with van der Waals surface area (Å²) in [5.74, 6) is 0.870. The van der Waals surface area contributed by atoms with E-state index in [9.17, 15) is 13.2 Å². The lowest BCUT2D eigenvalue weighted by atomic mass is 10.0. The highest BCUT2D eigenvalue weighted by atomic mass is 127. The maximum atomic E-state index is 12.0. The predicted molar refractivity (Wildman–Crippen MR) is 116 cm³/mol. The Balaban J connectivity index is 0.00000625. The summed E-state index contributed by atoms with van der Waals surface area (Å²) in [6.07, 6.45) is 2.88. The number of hydrogen-bond acceptors (Lipinski definition) is 4. The van der Waals surface area contributed by atoms with Gasteiger partial charge in [-0.3, -0.25) is 9.79 Å². The Labute approximate surface area is 175 Å². The molecule has 1 saturated heterocycles. The van der Waals surface area contributed by atoms with Crippen LogP contribution >= 0.6 is 24.0 Å². The minimum absolute atomic E-state index is 0. The molecule has 154 valence electrons. The Morgan fingerprint density at radius 2 is 1.81 bits per heavy atom. The SMILES string of the molecule is CN=C(NCC(C)(C)NS(C)(=O)=O)NC1CCN(C(=O)C(C)C)CC1.I. The van der Waals surface area contributed by atoms with Crippen LogP contribution in [0.4, 0.5) is 0 Å². The molecule has 1 aliphatic heterocycles. The highest BCUT2D eigenvalue weighted by Gasteiger charge is 2.26. The fourth-order valence-corrected chi connectivity index (χ4v) is 3.92. The first-order chi connectivity index (χ1) is 11.4. The molecule has 0 aromatic carbocycles. The van der Waals surface area contributed by atoms with Crippen LogP contribution < -0.4 is 15.4 Å². The molecule has 0 radical (unpaired) electrons. The van der Waals surface area contributed by atoms with Gasteiger partial charge in [0.25, 0.3) is 0 Å². The number of carbonyl (C=O) groups is 1. The number of hydrogen-bond donors (Lipinski definition) is 3. The zero-order chi connectivity index (χ0) is 19.3. The second-order valence-electron chi connectivity index (χ2n) is 7.58. The fourth-order valence-electron chi connectivity index (χ4n) is 2.84. The Kier molecular flexibility index (Phi) is 10.4. The summed E-state index contributed by atoms with van der Waals surface area (Å²) in [4.78, 5) is 18.1. The van der Waals surface area contributed by atoms with Crippen LogP contribution in [0.25, 0.3) is 0 Å². The second kappa shape index (κ2) is 10.6. The molecule has 10 heteroatoms. The maximum Gasteiger partial charge on any atom is 0.225 e. The first kappa shape index (κ1) is 25.4. The number of carbonyl (C=O) groups excluding carboxylic acids is 1. The number of halogens is 1. The van der Waals surface area contributed by atoms with Crippen LogP contribution in [-0.4, -0.2) is 69.7 Å². The number of piperidine rings is 1. The molecule has 1 aliphatic rings. The van der Waals surface area contributed by atoms with Crippen molar-refractivity contribution in [2.45, 2.75) is 52.1 Å². The molecule has 1 fully saturated rings. The Morgan fingerprint density at radius 1 is 1.27 bits per heavy atom. The average Bonchev–Trinajstić information content (AvgIpc) is 2.49. The van der Waals surface area contributed by atoms with E-state index in [1.165, 1.54) is 0 Å². The van der Waals surface area contributed by atoms with E-state index in [4.69, 9.17) is 0 Å². The Morgan fingerprint density at radius 3 is 2.23 bits per heavy atom. The van der Waals surface area contributed by atoms with Crippen LogP contribution in [0.15, 0.2) is 4.99 Å². The topological polar surface area (TPSA) is 103 Å². The summed E-state index contributed by atoms with van der Waals surface area (Å²) in [7, 11) is -1.59. The number of aliphatic imine (C=N–C) groups is 1. The minimum Gasteiger partial charge on any atom is -0.355 e. The zero-order valence-corrected chi connectivity index (χ0v) is 19.8. The van der Waals surface area contributed by atoms with E-state index in [0.29, 0.717) is 12.5 Å². The Bertz CT molecular complexity index is 585. The molecule has 0 aromatic rings. The molecule has 0 unspecified atom stereocenters. The molecule has 8 nitrogen and oxygen atoms in total. The lowest BCUT2D eigenvalue weighted by molar-refractivity contribution is -0.135. The molecule has 1 rings (SSSR count). The molecule has 0 saturated carbocycles. The van der Waals surface area contributed by atoms with Gasteiger partial charge in [0.1, 0.15) is 0 Å². The van der Waals surface area contributed by atoms with Crippen molar-refractivity contribution in [2.75, 3.05) is 32.9 Å². The molecule has 0 aromatic heterocycles. The average molecular weight is 503 g/mol. The van der Waals surface area contributed by atoms with Crippen LogP contribution in [0, 0.1) is 5.92 Å². The molecular formula is C16H34IN5O3S. The third-order valence-corrected chi connectivity index (χ3v) is 4.95. The van der Waals surface area contributed by atoms with E-state index < -0.39 is 15.6 Å². The van der Waals surface area contributed by atoms with Crippen molar-refractivity contribution in [2.24, 2.45) is 10.9 Å². The monoisotopic (exact) mass is 503 g/mol. The quantitative estimate of drug-likeness (QED) is 0.282. The number of sulfonamides is 1. The van der Waals surface area contributed by atoms with E-state index in [0.717, 1.165) is 32.2 Å². The van der Waals surface area contributed by atoms with Gasteiger partial charge < -0.3 is 15.5 Å². The van der Waals surface area contributed by atoms with Crippen LogP contribution in [-0.2, 0) is 14.8 Å². The van der Waals surface area contributed by atoms with Gasteiger partial charge >= 0.3 is 0 Å². The fraction of sp³-hybridized carbons (Fsp3) is 0.875. The van der Waals surface area contributed by atoms with E-state index in [2.05, 4.69) is 20.3 Å². The largest absolute Gasteiger partial charge is 0.355 e. The normalized spacial score (nSPS) is 17.0. The summed E-state index contributed by atoms with van der Waals surface area (Å²) >= 11 is 0. The smallest absolute Gasteiger partial charge is 0.225 e. The number of nitrogens with zero attached hydrogens (tertiary/aromatic N) is 2. The first-order valence-electron chi connectivity index (χ1n) is 8.68. The third kappa shape index (κ3) is 9.36. The van der Waals surface area contributed by atoms with Crippen LogP contribution in [0.2, 0.25) is 0 Å². The van der Waals surface area contributed by atoms with Crippen molar-refractivity contribution < 1.29 is 13.2 Å². The number of likely N-dealkylation sites (tertiary alicyclic amines) is 1. The molecule has 3 N–H and O–H groups in total. The molecular weight excluding hydrogens is 469 g/mol. The van der Waals surface area contributed by atoms with Crippen molar-refractivity contribution in [1.82, 2.24) is 20.3 Å². The predicted octanol–water partition coefficient (Wildman–Crippen LogP) is 0.744. The number of amides is 1. The molecule has 0 spiro atoms. The second-order valence-corrected chi connectivity index (χ2v) is 9.33. The molecule has 0 bridgehead atoms. The van der Waals surface area contributed by atoms with Crippen molar-refractivity contribution >= 4 is 45.9 Å². The number of nitrogens with one attached hydrogen (secondary N) is 3. The minimum atomic E-state index is -3.27. The van der Waals surface area contributed by atoms with Gasteiger partial charge in [-0.1, -0.05) is 13.8 Å². The highest BCUT2D eigenvalue weighted by Crippen LogP contribution is 2.13. The van der Waals surface area contributed by atoms with E-state index in [1.807, 2.05) is 32.6 Å². The van der Waals surface area contributed by atoms with Crippen molar-refractivity contribution in [1.29, 1.82) is 0 Å². The third-order valence-electron chi connectivity index (χ3n) is 4.02. The lowest BCUT2D eigenvalue weighted by Gasteiger charge is -2.34. The number of rotatable bonds is 6. The first-order valence-corrected chi connectivity index (χ1v) is 10.6. The molecule has 0 aliphatic carbocycles. The van der Waals surface area contributed by atoms with Gasteiger partial charge in [0.05, 0.1) is 6.26 Å². The zero-order valence-electron chi connectivity index (χ0n) is 16.6. The summed E-state index contributed by atoms with van der Waals surface area (Å²) in [6.45, 7) is 9.36. The van der Waals surface area contributed by atoms with E-state index >= 15 is 0 Å². The summed E-state index contributed by atoms with van der Waals surface area (Å²) < 4.78 is 25.4. The number of guanidine groups is 1. The standard InChI is InChI=1S/C16H33N5O3S.HI/c1-12(2)14(22)21-9-7-13(8-10-21)19-15(17-5)18-11-16(3,4)20-25(6,23)24;/h12-13,20H,7-11H2,1-6H3,(H2,17,18,19);1H. The highest BCUT2D eigenvalue weighted by molar-refractivity contribution is 14.0. The molecule has 26 heavy (non-hydrogen) atoms. The van der Waals surface area contributed by atoms with Crippen molar-refractivity contribution in [3.8, 4) is 0 Å². The van der Waals surface area contributed by atoms with Crippen molar-refractivity contribution in [3.63, 3.8) is 0 Å². The summed E-state index contributed by atoms with van der Waals surface area (Å²) in [5, 5.41) is 6.52. The molecule has 0 atom stereocenters. The van der Waals surface area contributed by atoms with Gasteiger partial charge in [-0.05, 0) is 26.7 Å². The van der Waals surface area contributed by atoms with E-state index in [-0.39, 0.29) is 41.8 Å². The summed E-state index contributed by atoms with van der Waals surface area (Å²) in [5.41, 5.74) is -0.627. The van der Waals surface area contributed by atoms with Crippen LogP contribution in [0.3, 0.4) is 0 Å².